The molecule has 0 aliphatic carbocycles. The Hall–Kier alpha value is -1.75. The van der Waals surface area contributed by atoms with Crippen molar-refractivity contribution in [3.8, 4) is 5.75 Å². The van der Waals surface area contributed by atoms with E-state index < -0.39 is 5.60 Å². The molecule has 18 heavy (non-hydrogen) atoms. The number of benzene rings is 1. The molecule has 0 aromatic heterocycles. The van der Waals surface area contributed by atoms with E-state index >= 15 is 0 Å². The molecule has 5 heteroatoms. The number of hydrogen-bond donors (Lipinski definition) is 3. The topological polar surface area (TPSA) is 70.6 Å². The highest BCUT2D eigenvalue weighted by molar-refractivity contribution is 5.72. The lowest BCUT2D eigenvalue weighted by Gasteiger charge is -2.22. The molecule has 1 aromatic rings. The van der Waals surface area contributed by atoms with Crippen LogP contribution in [0.2, 0.25) is 0 Å². The van der Waals surface area contributed by atoms with Gasteiger partial charge in [0.15, 0.2) is 0 Å². The van der Waals surface area contributed by atoms with Crippen molar-refractivity contribution in [3.63, 3.8) is 0 Å². The molecule has 1 heterocycles. The molecule has 1 aliphatic heterocycles. The minimum atomic E-state index is -1.08. The number of rotatable bonds is 4. The molecular formula is C13H17N2O3. The van der Waals surface area contributed by atoms with Gasteiger partial charge < -0.3 is 20.5 Å². The van der Waals surface area contributed by atoms with Crippen LogP contribution in [0.15, 0.2) is 18.2 Å². The fraction of sp³-hybridized carbons (Fsp3) is 0.385. The number of nitrogens with one attached hydrogen (secondary N) is 2. The van der Waals surface area contributed by atoms with E-state index in [4.69, 9.17) is 4.74 Å². The minimum absolute atomic E-state index is 0.101. The Bertz CT molecular complexity index is 462. The van der Waals surface area contributed by atoms with Crippen LogP contribution < -0.4 is 15.4 Å². The average molecular weight is 249 g/mol. The molecule has 0 bridgehead atoms. The molecule has 1 radical (unpaired) electrons. The number of amides is 1. The monoisotopic (exact) mass is 249 g/mol. The molecule has 1 atom stereocenters. The maximum atomic E-state index is 10.8. The van der Waals surface area contributed by atoms with E-state index in [2.05, 4.69) is 10.6 Å². The molecule has 1 aromatic carbocycles. The summed E-state index contributed by atoms with van der Waals surface area (Å²) in [6.45, 7) is 3.51. The second-order valence-electron chi connectivity index (χ2n) is 4.36. The Kier molecular flexibility index (Phi) is 3.43. The summed E-state index contributed by atoms with van der Waals surface area (Å²) in [4.78, 5) is 10.8. The zero-order chi connectivity index (χ0) is 13.2. The molecule has 1 aliphatic rings. The molecule has 0 saturated carbocycles. The van der Waals surface area contributed by atoms with Gasteiger partial charge in [-0.05, 0) is 24.6 Å². The smallest absolute Gasteiger partial charge is 0.216 e. The van der Waals surface area contributed by atoms with E-state index in [1.165, 1.54) is 6.92 Å². The maximum absolute atomic E-state index is 10.8. The van der Waals surface area contributed by atoms with Crippen molar-refractivity contribution >= 4 is 11.6 Å². The van der Waals surface area contributed by atoms with Gasteiger partial charge in [0.1, 0.15) is 11.4 Å². The summed E-state index contributed by atoms with van der Waals surface area (Å²) in [5, 5.41) is 16.3. The van der Waals surface area contributed by atoms with Crippen LogP contribution in [0.3, 0.4) is 0 Å². The minimum Gasteiger partial charge on any atom is -0.497 e. The first-order chi connectivity index (χ1) is 8.55. The van der Waals surface area contributed by atoms with Gasteiger partial charge >= 0.3 is 0 Å². The Balaban J connectivity index is 2.15. The van der Waals surface area contributed by atoms with Gasteiger partial charge in [-0.25, -0.2) is 0 Å². The zero-order valence-corrected chi connectivity index (χ0v) is 10.5. The highest BCUT2D eigenvalue weighted by Gasteiger charge is 2.37. The third-order valence-electron chi connectivity index (χ3n) is 3.04. The van der Waals surface area contributed by atoms with Crippen LogP contribution in [-0.4, -0.2) is 24.7 Å². The number of anilines is 1. The molecule has 0 spiro atoms. The highest BCUT2D eigenvalue weighted by atomic mass is 16.5. The average Bonchev–Trinajstić information content (AvgIpc) is 2.66. The van der Waals surface area contributed by atoms with Crippen molar-refractivity contribution < 1.29 is 14.6 Å². The van der Waals surface area contributed by atoms with E-state index in [9.17, 15) is 9.90 Å². The van der Waals surface area contributed by atoms with Gasteiger partial charge in [-0.1, -0.05) is 0 Å². The number of ether oxygens (including phenoxy) is 1. The van der Waals surface area contributed by atoms with Crippen molar-refractivity contribution in [2.24, 2.45) is 0 Å². The number of fused-ring (bicyclic) bond motifs is 1. The van der Waals surface area contributed by atoms with Crippen LogP contribution in [0.5, 0.6) is 5.75 Å². The van der Waals surface area contributed by atoms with Gasteiger partial charge in [0.25, 0.3) is 0 Å². The summed E-state index contributed by atoms with van der Waals surface area (Å²) in [6.07, 6.45) is 0.416. The van der Waals surface area contributed by atoms with Gasteiger partial charge in [-0.3, -0.25) is 4.79 Å². The third kappa shape index (κ3) is 2.41. The summed E-state index contributed by atoms with van der Waals surface area (Å²) in [5.41, 5.74) is 0.556. The van der Waals surface area contributed by atoms with Crippen molar-refractivity contribution in [1.29, 1.82) is 0 Å². The van der Waals surface area contributed by atoms with Gasteiger partial charge in [-0.2, -0.15) is 0 Å². The van der Waals surface area contributed by atoms with E-state index in [1.54, 1.807) is 19.7 Å². The highest BCUT2D eigenvalue weighted by Crippen LogP contribution is 2.41. The molecule has 0 fully saturated rings. The van der Waals surface area contributed by atoms with Gasteiger partial charge in [0.2, 0.25) is 5.91 Å². The van der Waals surface area contributed by atoms with Crippen molar-refractivity contribution in [2.45, 2.75) is 18.9 Å². The summed E-state index contributed by atoms with van der Waals surface area (Å²) < 4.78 is 5.15. The number of hydrogen-bond acceptors (Lipinski definition) is 4. The normalized spacial score (nSPS) is 21.1. The largest absolute Gasteiger partial charge is 0.497 e. The summed E-state index contributed by atoms with van der Waals surface area (Å²) in [6, 6.07) is 5.50. The molecule has 5 nitrogen and oxygen atoms in total. The Labute approximate surface area is 106 Å². The van der Waals surface area contributed by atoms with Gasteiger partial charge in [-0.15, -0.1) is 0 Å². The number of methoxy groups -OCH3 is 1. The molecule has 1 unspecified atom stereocenters. The molecule has 3 N–H and O–H groups in total. The van der Waals surface area contributed by atoms with Crippen molar-refractivity contribution in [1.82, 2.24) is 5.32 Å². The Morgan fingerprint density at radius 2 is 2.33 bits per heavy atom. The second-order valence-corrected chi connectivity index (χ2v) is 4.36. The van der Waals surface area contributed by atoms with Crippen molar-refractivity contribution in [2.75, 3.05) is 19.0 Å². The Morgan fingerprint density at radius 3 is 3.00 bits per heavy atom. The SMILES string of the molecule is COc1ccc2c(c1)C(O)(CCNC(C)=O)[CH]N2. The van der Waals surface area contributed by atoms with Gasteiger partial charge in [0, 0.05) is 24.7 Å². The van der Waals surface area contributed by atoms with Crippen LogP contribution >= 0.6 is 0 Å². The standard InChI is InChI=1S/C13H17N2O3/c1-9(16)14-6-5-13(17)8-15-12-4-3-10(18-2)7-11(12)13/h3-4,7-8,15,17H,5-6H2,1-2H3,(H,14,16). The number of carbonyl (C=O) groups is 1. The number of carbonyl (C=O) groups excluding carboxylic acids is 1. The lowest BCUT2D eigenvalue weighted by molar-refractivity contribution is -0.119. The second kappa shape index (κ2) is 4.86. The van der Waals surface area contributed by atoms with Gasteiger partial charge in [0.05, 0.1) is 13.7 Å². The summed E-state index contributed by atoms with van der Waals surface area (Å²) >= 11 is 0. The van der Waals surface area contributed by atoms with Crippen LogP contribution in [0.1, 0.15) is 18.9 Å². The van der Waals surface area contributed by atoms with Crippen LogP contribution in [-0.2, 0) is 10.4 Å². The van der Waals surface area contributed by atoms with Crippen LogP contribution in [0.25, 0.3) is 0 Å². The lowest BCUT2D eigenvalue weighted by Crippen LogP contribution is -2.31. The summed E-state index contributed by atoms with van der Waals surface area (Å²) in [5.74, 6) is 0.597. The Morgan fingerprint density at radius 1 is 1.56 bits per heavy atom. The number of aliphatic hydroxyl groups is 1. The molecule has 2 rings (SSSR count). The van der Waals surface area contributed by atoms with E-state index in [0.29, 0.717) is 18.7 Å². The molecule has 97 valence electrons. The molecule has 0 saturated heterocycles. The predicted octanol–water partition coefficient (Wildman–Crippen LogP) is 0.996. The first-order valence-corrected chi connectivity index (χ1v) is 5.81. The fourth-order valence-corrected chi connectivity index (χ4v) is 2.05. The molecular weight excluding hydrogens is 232 g/mol. The van der Waals surface area contributed by atoms with E-state index in [-0.39, 0.29) is 5.91 Å². The van der Waals surface area contributed by atoms with E-state index in [0.717, 1.165) is 11.3 Å². The first-order valence-electron chi connectivity index (χ1n) is 5.81. The predicted molar refractivity (Wildman–Crippen MR) is 68.1 cm³/mol. The lowest BCUT2D eigenvalue weighted by atomic mass is 9.92. The van der Waals surface area contributed by atoms with Crippen LogP contribution in [0.4, 0.5) is 5.69 Å². The fourth-order valence-electron chi connectivity index (χ4n) is 2.05. The first kappa shape index (κ1) is 12.7. The molecule has 1 amide bonds. The van der Waals surface area contributed by atoms with Crippen LogP contribution in [0, 0.1) is 6.54 Å². The van der Waals surface area contributed by atoms with Crippen molar-refractivity contribution in [3.05, 3.63) is 30.3 Å². The third-order valence-corrected chi connectivity index (χ3v) is 3.04. The maximum Gasteiger partial charge on any atom is 0.216 e. The quantitative estimate of drug-likeness (QED) is 0.744. The summed E-state index contributed by atoms with van der Waals surface area (Å²) in [7, 11) is 1.59. The zero-order valence-electron chi connectivity index (χ0n) is 10.5. The van der Waals surface area contributed by atoms with E-state index in [1.807, 2.05) is 12.1 Å².